The van der Waals surface area contributed by atoms with Crippen molar-refractivity contribution in [3.8, 4) is 40.1 Å². The third-order valence-corrected chi connectivity index (χ3v) is 4.96. The van der Waals surface area contributed by atoms with Crippen LogP contribution < -0.4 is 24.3 Å². The Morgan fingerprint density at radius 2 is 1.38 bits per heavy atom. The summed E-state index contributed by atoms with van der Waals surface area (Å²) in [5, 5.41) is 2.86. The van der Waals surface area contributed by atoms with E-state index in [1.807, 2.05) is 30.3 Å². The van der Waals surface area contributed by atoms with Crippen LogP contribution in [0.4, 0.5) is 5.69 Å². The van der Waals surface area contributed by atoms with E-state index in [-0.39, 0.29) is 5.91 Å². The molecule has 8 heteroatoms. The molecule has 0 atom stereocenters. The normalized spacial score (nSPS) is 10.3. The lowest BCUT2D eigenvalue weighted by Gasteiger charge is -2.10. The molecule has 0 radical (unpaired) electrons. The number of aromatic nitrogens is 2. The molecule has 0 aliphatic rings. The highest BCUT2D eigenvalue weighted by molar-refractivity contribution is 6.04. The minimum Gasteiger partial charge on any atom is -0.497 e. The van der Waals surface area contributed by atoms with E-state index in [9.17, 15) is 4.79 Å². The van der Waals surface area contributed by atoms with Crippen LogP contribution in [0.3, 0.4) is 0 Å². The van der Waals surface area contributed by atoms with Gasteiger partial charge in [0.1, 0.15) is 29.3 Å². The first-order valence-electron chi connectivity index (χ1n) is 10.4. The van der Waals surface area contributed by atoms with Gasteiger partial charge in [-0.1, -0.05) is 18.2 Å². The van der Waals surface area contributed by atoms with Gasteiger partial charge >= 0.3 is 0 Å². The molecule has 0 aliphatic carbocycles. The van der Waals surface area contributed by atoms with Crippen molar-refractivity contribution in [3.63, 3.8) is 0 Å². The average Bonchev–Trinajstić information content (AvgIpc) is 2.88. The lowest BCUT2D eigenvalue weighted by molar-refractivity contribution is 0.102. The van der Waals surface area contributed by atoms with E-state index in [4.69, 9.17) is 18.9 Å². The van der Waals surface area contributed by atoms with Crippen LogP contribution in [-0.2, 0) is 0 Å². The molecule has 1 heterocycles. The molecular formula is C26H23N3O5. The lowest BCUT2D eigenvalue weighted by Crippen LogP contribution is -2.12. The second-order valence-electron chi connectivity index (χ2n) is 7.16. The highest BCUT2D eigenvalue weighted by Crippen LogP contribution is 2.28. The summed E-state index contributed by atoms with van der Waals surface area (Å²) in [6.45, 7) is 0. The minimum atomic E-state index is -0.258. The van der Waals surface area contributed by atoms with Crippen molar-refractivity contribution in [1.29, 1.82) is 0 Å². The SMILES string of the molecule is COc1cc(NC(=O)c2ccc(-c3cc(Oc4cccc(OC)c4)ncn3)cc2)cc(OC)c1. The van der Waals surface area contributed by atoms with Crippen molar-refractivity contribution in [2.75, 3.05) is 26.6 Å². The average molecular weight is 457 g/mol. The van der Waals surface area contributed by atoms with Gasteiger partial charge in [-0.05, 0) is 24.3 Å². The van der Waals surface area contributed by atoms with Crippen LogP contribution in [0.25, 0.3) is 11.3 Å². The lowest BCUT2D eigenvalue weighted by atomic mass is 10.1. The van der Waals surface area contributed by atoms with Crippen LogP contribution >= 0.6 is 0 Å². The molecule has 0 bridgehead atoms. The Bertz CT molecular complexity index is 1270. The number of rotatable bonds is 8. The van der Waals surface area contributed by atoms with Crippen molar-refractivity contribution < 1.29 is 23.7 Å². The zero-order valence-corrected chi connectivity index (χ0v) is 18.9. The summed E-state index contributed by atoms with van der Waals surface area (Å²) in [7, 11) is 4.71. The molecule has 0 unspecified atom stereocenters. The van der Waals surface area contributed by atoms with Gasteiger partial charge < -0.3 is 24.3 Å². The number of carbonyl (C=O) groups excluding carboxylic acids is 1. The van der Waals surface area contributed by atoms with Crippen LogP contribution in [0.5, 0.6) is 28.9 Å². The second-order valence-corrected chi connectivity index (χ2v) is 7.16. The molecule has 0 saturated heterocycles. The van der Waals surface area contributed by atoms with E-state index in [0.29, 0.717) is 45.8 Å². The molecule has 34 heavy (non-hydrogen) atoms. The molecule has 1 amide bonds. The van der Waals surface area contributed by atoms with E-state index in [1.165, 1.54) is 6.33 Å². The molecule has 3 aromatic carbocycles. The summed E-state index contributed by atoms with van der Waals surface area (Å²) < 4.78 is 21.5. The number of ether oxygens (including phenoxy) is 4. The van der Waals surface area contributed by atoms with Gasteiger partial charge in [0.2, 0.25) is 5.88 Å². The number of anilines is 1. The Labute approximate surface area is 197 Å². The molecule has 4 rings (SSSR count). The van der Waals surface area contributed by atoms with Gasteiger partial charge in [0.15, 0.2) is 0 Å². The Morgan fingerprint density at radius 3 is 2.06 bits per heavy atom. The van der Waals surface area contributed by atoms with Crippen molar-refractivity contribution in [2.45, 2.75) is 0 Å². The van der Waals surface area contributed by atoms with Crippen LogP contribution in [0.15, 0.2) is 79.1 Å². The Kier molecular flexibility index (Phi) is 6.88. The van der Waals surface area contributed by atoms with Gasteiger partial charge in [-0.3, -0.25) is 4.79 Å². The highest BCUT2D eigenvalue weighted by Gasteiger charge is 2.10. The third kappa shape index (κ3) is 5.42. The number of hydrogen-bond donors (Lipinski definition) is 1. The van der Waals surface area contributed by atoms with E-state index in [0.717, 1.165) is 5.56 Å². The maximum absolute atomic E-state index is 12.7. The summed E-state index contributed by atoms with van der Waals surface area (Å²) >= 11 is 0. The zero-order chi connectivity index (χ0) is 23.9. The fourth-order valence-corrected chi connectivity index (χ4v) is 3.21. The van der Waals surface area contributed by atoms with Crippen molar-refractivity contribution >= 4 is 11.6 Å². The molecule has 0 aliphatic heterocycles. The number of nitrogens with one attached hydrogen (secondary N) is 1. The molecular weight excluding hydrogens is 434 g/mol. The standard InChI is InChI=1S/C26H23N3O5/c1-31-20-5-4-6-21(13-20)34-25-15-24(27-16-28-25)17-7-9-18(10-8-17)26(30)29-19-11-22(32-2)14-23(12-19)33-3/h4-16H,1-3H3,(H,29,30). The summed E-state index contributed by atoms with van der Waals surface area (Å²) in [5.41, 5.74) is 2.54. The van der Waals surface area contributed by atoms with Crippen LogP contribution in [0.2, 0.25) is 0 Å². The molecule has 8 nitrogen and oxygen atoms in total. The zero-order valence-electron chi connectivity index (χ0n) is 18.9. The number of carbonyl (C=O) groups is 1. The quantitative estimate of drug-likeness (QED) is 0.388. The predicted octanol–water partition coefficient (Wildman–Crippen LogP) is 5.21. The molecule has 4 aromatic rings. The molecule has 1 aromatic heterocycles. The number of hydrogen-bond acceptors (Lipinski definition) is 7. The summed E-state index contributed by atoms with van der Waals surface area (Å²) in [6.07, 6.45) is 1.43. The van der Waals surface area contributed by atoms with Gasteiger partial charge in [0, 0.05) is 47.1 Å². The fourth-order valence-electron chi connectivity index (χ4n) is 3.21. The largest absolute Gasteiger partial charge is 0.497 e. The van der Waals surface area contributed by atoms with Crippen LogP contribution in [0, 0.1) is 0 Å². The summed E-state index contributed by atoms with van der Waals surface area (Å²) in [4.78, 5) is 21.2. The van der Waals surface area contributed by atoms with Gasteiger partial charge in [0.25, 0.3) is 5.91 Å². The van der Waals surface area contributed by atoms with Gasteiger partial charge in [0.05, 0.1) is 27.0 Å². The first-order valence-corrected chi connectivity index (χ1v) is 10.4. The summed E-state index contributed by atoms with van der Waals surface area (Å²) in [5.74, 6) is 2.60. The number of amides is 1. The predicted molar refractivity (Wildman–Crippen MR) is 128 cm³/mol. The maximum Gasteiger partial charge on any atom is 0.255 e. The minimum absolute atomic E-state index is 0.258. The fraction of sp³-hybridized carbons (Fsp3) is 0.115. The number of nitrogens with zero attached hydrogens (tertiary/aromatic N) is 2. The van der Waals surface area contributed by atoms with Crippen LogP contribution in [0.1, 0.15) is 10.4 Å². The molecule has 0 spiro atoms. The smallest absolute Gasteiger partial charge is 0.255 e. The molecule has 172 valence electrons. The monoisotopic (exact) mass is 457 g/mol. The number of methoxy groups -OCH3 is 3. The van der Waals surface area contributed by atoms with E-state index < -0.39 is 0 Å². The van der Waals surface area contributed by atoms with Crippen molar-refractivity contribution in [3.05, 3.63) is 84.7 Å². The Hall–Kier alpha value is -4.59. The first-order chi connectivity index (χ1) is 16.6. The molecule has 1 N–H and O–H groups in total. The molecule has 0 saturated carbocycles. The van der Waals surface area contributed by atoms with Crippen molar-refractivity contribution in [2.24, 2.45) is 0 Å². The Balaban J connectivity index is 1.48. The topological polar surface area (TPSA) is 91.8 Å². The van der Waals surface area contributed by atoms with E-state index in [1.54, 1.807) is 63.8 Å². The maximum atomic E-state index is 12.7. The first kappa shape index (κ1) is 22.6. The van der Waals surface area contributed by atoms with Gasteiger partial charge in [-0.15, -0.1) is 0 Å². The van der Waals surface area contributed by atoms with Crippen molar-refractivity contribution in [1.82, 2.24) is 9.97 Å². The van der Waals surface area contributed by atoms with E-state index in [2.05, 4.69) is 15.3 Å². The van der Waals surface area contributed by atoms with Gasteiger partial charge in [-0.25, -0.2) is 9.97 Å². The van der Waals surface area contributed by atoms with Gasteiger partial charge in [-0.2, -0.15) is 0 Å². The summed E-state index contributed by atoms with van der Waals surface area (Å²) in [6, 6.07) is 21.3. The van der Waals surface area contributed by atoms with E-state index >= 15 is 0 Å². The second kappa shape index (κ2) is 10.4. The highest BCUT2D eigenvalue weighted by atomic mass is 16.5. The number of benzene rings is 3. The third-order valence-electron chi connectivity index (χ3n) is 4.96. The Morgan fingerprint density at radius 1 is 0.735 bits per heavy atom. The molecule has 0 fully saturated rings. The van der Waals surface area contributed by atoms with Crippen LogP contribution in [-0.4, -0.2) is 37.2 Å².